The average Bonchev–Trinajstić information content (AvgIpc) is 2.45. The number of nitrogens with one attached hydrogen (secondary N) is 1. The predicted octanol–water partition coefficient (Wildman–Crippen LogP) is 3.86. The second-order valence-corrected chi connectivity index (χ2v) is 5.13. The molecular weight excluding hydrogens is 296 g/mol. The predicted molar refractivity (Wildman–Crippen MR) is 81.9 cm³/mol. The Bertz CT molecular complexity index is 565. The van der Waals surface area contributed by atoms with Crippen molar-refractivity contribution in [3.05, 3.63) is 29.5 Å². The molecule has 0 saturated carbocycles. The molecule has 20 heavy (non-hydrogen) atoms. The Labute approximate surface area is 127 Å². The number of thioether (sulfide) groups is 1. The smallest absolute Gasteiger partial charge is 0.328 e. The molecule has 1 aromatic carbocycles. The molecule has 0 atom stereocenters. The van der Waals surface area contributed by atoms with Gasteiger partial charge in [0.1, 0.15) is 5.75 Å². The van der Waals surface area contributed by atoms with E-state index in [0.29, 0.717) is 11.7 Å². The largest absolute Gasteiger partial charge is 0.424 e. The van der Waals surface area contributed by atoms with Crippen molar-refractivity contribution in [2.24, 2.45) is 0 Å². The molecule has 0 aliphatic rings. The minimum atomic E-state index is 0.106. The SMILES string of the molecule is CCCNc1nc(Cl)nc(Oc2ccc(SC)cc2)n1. The molecule has 0 amide bonds. The van der Waals surface area contributed by atoms with E-state index in [0.717, 1.165) is 17.9 Å². The lowest BCUT2D eigenvalue weighted by Gasteiger charge is -2.07. The Hall–Kier alpha value is -1.53. The highest BCUT2D eigenvalue weighted by molar-refractivity contribution is 7.98. The number of ether oxygens (including phenoxy) is 1. The number of hydrogen-bond donors (Lipinski definition) is 1. The van der Waals surface area contributed by atoms with Crippen LogP contribution in [0.2, 0.25) is 5.28 Å². The van der Waals surface area contributed by atoms with Gasteiger partial charge in [-0.05, 0) is 48.5 Å². The van der Waals surface area contributed by atoms with Gasteiger partial charge in [-0.1, -0.05) is 6.92 Å². The van der Waals surface area contributed by atoms with E-state index in [-0.39, 0.29) is 11.3 Å². The molecule has 106 valence electrons. The van der Waals surface area contributed by atoms with Gasteiger partial charge in [0, 0.05) is 11.4 Å². The molecular formula is C13H15ClN4OS. The molecule has 2 aromatic rings. The van der Waals surface area contributed by atoms with Crippen molar-refractivity contribution < 1.29 is 4.74 Å². The number of aromatic nitrogens is 3. The van der Waals surface area contributed by atoms with E-state index in [1.54, 1.807) is 11.8 Å². The summed E-state index contributed by atoms with van der Waals surface area (Å²) in [5.74, 6) is 1.08. The quantitative estimate of drug-likeness (QED) is 0.818. The van der Waals surface area contributed by atoms with Crippen LogP contribution in [0.4, 0.5) is 5.95 Å². The first-order valence-electron chi connectivity index (χ1n) is 6.18. The van der Waals surface area contributed by atoms with Crippen molar-refractivity contribution >= 4 is 29.3 Å². The Morgan fingerprint density at radius 1 is 1.20 bits per heavy atom. The molecule has 2 rings (SSSR count). The molecule has 0 unspecified atom stereocenters. The zero-order valence-corrected chi connectivity index (χ0v) is 12.8. The maximum atomic E-state index is 5.86. The van der Waals surface area contributed by atoms with Gasteiger partial charge < -0.3 is 10.1 Å². The first-order valence-corrected chi connectivity index (χ1v) is 7.79. The summed E-state index contributed by atoms with van der Waals surface area (Å²) in [5, 5.41) is 3.16. The minimum absolute atomic E-state index is 0.106. The molecule has 1 heterocycles. The molecule has 0 aliphatic carbocycles. The fourth-order valence-corrected chi connectivity index (χ4v) is 2.00. The minimum Gasteiger partial charge on any atom is -0.424 e. The highest BCUT2D eigenvalue weighted by atomic mass is 35.5. The number of anilines is 1. The van der Waals surface area contributed by atoms with Gasteiger partial charge in [0.2, 0.25) is 11.2 Å². The van der Waals surface area contributed by atoms with Crippen LogP contribution >= 0.6 is 23.4 Å². The Kier molecular flexibility index (Phi) is 5.43. The van der Waals surface area contributed by atoms with Crippen molar-refractivity contribution in [3.63, 3.8) is 0 Å². The van der Waals surface area contributed by atoms with Crippen molar-refractivity contribution in [3.8, 4) is 11.8 Å². The van der Waals surface area contributed by atoms with Gasteiger partial charge in [0.05, 0.1) is 0 Å². The van der Waals surface area contributed by atoms with Crippen molar-refractivity contribution in [2.75, 3.05) is 18.1 Å². The van der Waals surface area contributed by atoms with Gasteiger partial charge in [0.15, 0.2) is 0 Å². The number of hydrogen-bond acceptors (Lipinski definition) is 6. The molecule has 0 spiro atoms. The monoisotopic (exact) mass is 310 g/mol. The third-order valence-electron chi connectivity index (χ3n) is 2.39. The topological polar surface area (TPSA) is 59.9 Å². The van der Waals surface area contributed by atoms with Gasteiger partial charge >= 0.3 is 6.01 Å². The lowest BCUT2D eigenvalue weighted by molar-refractivity contribution is 0.440. The van der Waals surface area contributed by atoms with E-state index in [1.807, 2.05) is 30.5 Å². The molecule has 1 N–H and O–H groups in total. The van der Waals surface area contributed by atoms with E-state index in [1.165, 1.54) is 0 Å². The summed E-state index contributed by atoms with van der Waals surface area (Å²) in [5.41, 5.74) is 0. The molecule has 5 nitrogen and oxygen atoms in total. The normalized spacial score (nSPS) is 10.3. The molecule has 0 aliphatic heterocycles. The van der Waals surface area contributed by atoms with Crippen molar-refractivity contribution in [1.82, 2.24) is 15.0 Å². The standard InChI is InChI=1S/C13H15ClN4OS/c1-3-8-15-12-16-11(14)17-13(18-12)19-9-4-6-10(20-2)7-5-9/h4-7H,3,8H2,1-2H3,(H,15,16,17,18). The van der Waals surface area contributed by atoms with Gasteiger partial charge in [-0.3, -0.25) is 0 Å². The molecule has 0 fully saturated rings. The summed E-state index contributed by atoms with van der Waals surface area (Å²) in [4.78, 5) is 13.3. The van der Waals surface area contributed by atoms with Gasteiger partial charge in [-0.15, -0.1) is 11.8 Å². The van der Waals surface area contributed by atoms with Gasteiger partial charge in [0.25, 0.3) is 0 Å². The fraction of sp³-hybridized carbons (Fsp3) is 0.308. The summed E-state index contributed by atoms with van der Waals surface area (Å²) < 4.78 is 5.58. The lowest BCUT2D eigenvalue weighted by atomic mass is 10.3. The van der Waals surface area contributed by atoms with E-state index in [4.69, 9.17) is 16.3 Å². The number of nitrogens with zero attached hydrogens (tertiary/aromatic N) is 3. The van der Waals surface area contributed by atoms with Gasteiger partial charge in [-0.2, -0.15) is 15.0 Å². The van der Waals surface area contributed by atoms with Crippen LogP contribution in [0.5, 0.6) is 11.8 Å². The Morgan fingerprint density at radius 3 is 2.60 bits per heavy atom. The van der Waals surface area contributed by atoms with Crippen LogP contribution in [0.3, 0.4) is 0 Å². The van der Waals surface area contributed by atoms with E-state index < -0.39 is 0 Å². The summed E-state index contributed by atoms with van der Waals surface area (Å²) in [7, 11) is 0. The average molecular weight is 311 g/mol. The van der Waals surface area contributed by atoms with E-state index in [9.17, 15) is 0 Å². The van der Waals surface area contributed by atoms with E-state index in [2.05, 4.69) is 27.2 Å². The van der Waals surface area contributed by atoms with Crippen LogP contribution in [0.25, 0.3) is 0 Å². The van der Waals surface area contributed by atoms with Crippen LogP contribution in [0.1, 0.15) is 13.3 Å². The van der Waals surface area contributed by atoms with E-state index >= 15 is 0 Å². The maximum Gasteiger partial charge on any atom is 0.328 e. The lowest BCUT2D eigenvalue weighted by Crippen LogP contribution is -2.06. The first kappa shape index (κ1) is 14.9. The molecule has 0 saturated heterocycles. The van der Waals surface area contributed by atoms with Crippen LogP contribution in [-0.4, -0.2) is 27.8 Å². The molecule has 1 aromatic heterocycles. The zero-order chi connectivity index (χ0) is 14.4. The number of halogens is 1. The second-order valence-electron chi connectivity index (χ2n) is 3.91. The molecule has 7 heteroatoms. The Morgan fingerprint density at radius 2 is 1.95 bits per heavy atom. The third-order valence-corrected chi connectivity index (χ3v) is 3.30. The highest BCUT2D eigenvalue weighted by Crippen LogP contribution is 2.23. The van der Waals surface area contributed by atoms with Crippen LogP contribution < -0.4 is 10.1 Å². The summed E-state index contributed by atoms with van der Waals surface area (Å²) in [6.45, 7) is 2.82. The summed E-state index contributed by atoms with van der Waals surface area (Å²) in [6, 6.07) is 7.85. The summed E-state index contributed by atoms with van der Waals surface area (Å²) >= 11 is 7.53. The first-order chi connectivity index (χ1) is 9.71. The molecule has 0 bridgehead atoms. The van der Waals surface area contributed by atoms with Crippen molar-refractivity contribution in [1.29, 1.82) is 0 Å². The van der Waals surface area contributed by atoms with Gasteiger partial charge in [-0.25, -0.2) is 0 Å². The number of rotatable bonds is 6. The second kappa shape index (κ2) is 7.31. The number of benzene rings is 1. The Balaban J connectivity index is 2.12. The fourth-order valence-electron chi connectivity index (χ4n) is 1.44. The molecule has 0 radical (unpaired) electrons. The highest BCUT2D eigenvalue weighted by Gasteiger charge is 2.07. The van der Waals surface area contributed by atoms with Crippen LogP contribution in [0.15, 0.2) is 29.2 Å². The summed E-state index contributed by atoms with van der Waals surface area (Å²) in [6.07, 6.45) is 2.99. The van der Waals surface area contributed by atoms with Crippen LogP contribution in [-0.2, 0) is 0 Å². The maximum absolute atomic E-state index is 5.86. The van der Waals surface area contributed by atoms with Crippen LogP contribution in [0, 0.1) is 0 Å². The third kappa shape index (κ3) is 4.25. The van der Waals surface area contributed by atoms with Crippen molar-refractivity contribution in [2.45, 2.75) is 18.2 Å². The zero-order valence-electron chi connectivity index (χ0n) is 11.3.